The quantitative estimate of drug-likeness (QED) is 0.776. The van der Waals surface area contributed by atoms with E-state index in [-0.39, 0.29) is 0 Å². The minimum atomic E-state index is 0.647. The van der Waals surface area contributed by atoms with E-state index in [9.17, 15) is 0 Å². The normalized spacial score (nSPS) is 13.9. The number of hydrogen-bond acceptors (Lipinski definition) is 4. The number of benzene rings is 1. The van der Waals surface area contributed by atoms with Crippen molar-refractivity contribution in [1.29, 1.82) is 0 Å². The monoisotopic (exact) mass is 250 g/mol. The van der Waals surface area contributed by atoms with Crippen LogP contribution in [-0.2, 0) is 6.54 Å². The van der Waals surface area contributed by atoms with E-state index in [0.717, 1.165) is 37.6 Å². The van der Waals surface area contributed by atoms with E-state index in [1.807, 2.05) is 13.1 Å². The molecule has 0 atom stereocenters. The fourth-order valence-corrected chi connectivity index (χ4v) is 2.10. The van der Waals surface area contributed by atoms with Gasteiger partial charge in [0.2, 0.25) is 0 Å². The van der Waals surface area contributed by atoms with Crippen molar-refractivity contribution in [3.63, 3.8) is 0 Å². The number of fused-ring (bicyclic) bond motifs is 1. The van der Waals surface area contributed by atoms with Gasteiger partial charge in [-0.3, -0.25) is 0 Å². The Labute approximate surface area is 109 Å². The average molecular weight is 250 g/mol. The van der Waals surface area contributed by atoms with Crippen LogP contribution in [0.4, 0.5) is 0 Å². The van der Waals surface area contributed by atoms with Gasteiger partial charge in [-0.1, -0.05) is 6.07 Å². The third-order valence-electron chi connectivity index (χ3n) is 3.03. The van der Waals surface area contributed by atoms with Gasteiger partial charge >= 0.3 is 0 Å². The fourth-order valence-electron chi connectivity index (χ4n) is 2.10. The Hall–Kier alpha value is -1.26. The van der Waals surface area contributed by atoms with Crippen molar-refractivity contribution >= 4 is 0 Å². The Morgan fingerprint density at radius 2 is 2.00 bits per heavy atom. The number of nitrogens with one attached hydrogen (secondary N) is 1. The molecule has 0 aromatic heterocycles. The second kappa shape index (κ2) is 6.61. The second-order valence-corrected chi connectivity index (χ2v) is 4.67. The number of rotatable bonds is 6. The van der Waals surface area contributed by atoms with Gasteiger partial charge in [0.1, 0.15) is 13.2 Å². The highest BCUT2D eigenvalue weighted by Gasteiger charge is 2.12. The molecule has 1 aliphatic rings. The molecule has 0 bridgehead atoms. The van der Waals surface area contributed by atoms with Crippen LogP contribution in [0.1, 0.15) is 12.0 Å². The molecule has 1 heterocycles. The number of nitrogens with zero attached hydrogens (tertiary/aromatic N) is 1. The summed E-state index contributed by atoms with van der Waals surface area (Å²) in [6, 6.07) is 6.20. The first-order chi connectivity index (χ1) is 8.79. The Morgan fingerprint density at radius 1 is 1.22 bits per heavy atom. The van der Waals surface area contributed by atoms with Crippen molar-refractivity contribution in [1.82, 2.24) is 10.2 Å². The Morgan fingerprint density at radius 3 is 2.78 bits per heavy atom. The minimum Gasteiger partial charge on any atom is -0.486 e. The number of ether oxygens (including phenoxy) is 2. The molecule has 1 N–H and O–H groups in total. The fraction of sp³-hybridized carbons (Fsp3) is 0.571. The zero-order valence-corrected chi connectivity index (χ0v) is 11.2. The Balaban J connectivity index is 1.89. The lowest BCUT2D eigenvalue weighted by Crippen LogP contribution is -2.22. The van der Waals surface area contributed by atoms with Crippen LogP contribution in [0.15, 0.2) is 18.2 Å². The SMILES string of the molecule is CNCCCN(C)Cc1ccc2c(c1)OCCO2. The van der Waals surface area contributed by atoms with E-state index in [1.54, 1.807) is 0 Å². The molecule has 0 unspecified atom stereocenters. The first-order valence-corrected chi connectivity index (χ1v) is 6.51. The van der Waals surface area contributed by atoms with Crippen molar-refractivity contribution in [2.45, 2.75) is 13.0 Å². The molecule has 100 valence electrons. The van der Waals surface area contributed by atoms with Gasteiger partial charge in [0.15, 0.2) is 11.5 Å². The van der Waals surface area contributed by atoms with Crippen LogP contribution in [-0.4, -0.2) is 45.3 Å². The highest BCUT2D eigenvalue weighted by Crippen LogP contribution is 2.30. The van der Waals surface area contributed by atoms with Gasteiger partial charge in [0.25, 0.3) is 0 Å². The second-order valence-electron chi connectivity index (χ2n) is 4.67. The third-order valence-corrected chi connectivity index (χ3v) is 3.03. The first kappa shape index (κ1) is 13.2. The van der Waals surface area contributed by atoms with Crippen LogP contribution >= 0.6 is 0 Å². The van der Waals surface area contributed by atoms with E-state index >= 15 is 0 Å². The summed E-state index contributed by atoms with van der Waals surface area (Å²) in [4.78, 5) is 2.32. The van der Waals surface area contributed by atoms with Gasteiger partial charge in [0, 0.05) is 6.54 Å². The molecule has 2 rings (SSSR count). The van der Waals surface area contributed by atoms with Gasteiger partial charge in [0.05, 0.1) is 0 Å². The molecule has 0 fully saturated rings. The van der Waals surface area contributed by atoms with Crippen molar-refractivity contribution < 1.29 is 9.47 Å². The molecule has 0 saturated heterocycles. The lowest BCUT2D eigenvalue weighted by molar-refractivity contribution is 0.171. The summed E-state index contributed by atoms with van der Waals surface area (Å²) in [6.45, 7) is 4.39. The predicted octanol–water partition coefficient (Wildman–Crippen LogP) is 1.50. The molecule has 4 nitrogen and oxygen atoms in total. The zero-order chi connectivity index (χ0) is 12.8. The molecular formula is C14H22N2O2. The van der Waals surface area contributed by atoms with E-state index in [1.165, 1.54) is 5.56 Å². The summed E-state index contributed by atoms with van der Waals surface area (Å²) in [6.07, 6.45) is 1.16. The van der Waals surface area contributed by atoms with Crippen LogP contribution in [0.25, 0.3) is 0 Å². The molecule has 18 heavy (non-hydrogen) atoms. The molecule has 0 radical (unpaired) electrons. The summed E-state index contributed by atoms with van der Waals surface area (Å²) in [5, 5.41) is 3.16. The third kappa shape index (κ3) is 3.62. The van der Waals surface area contributed by atoms with Gasteiger partial charge in [-0.05, 0) is 51.3 Å². The molecule has 0 amide bonds. The average Bonchev–Trinajstić information content (AvgIpc) is 2.39. The van der Waals surface area contributed by atoms with Crippen molar-refractivity contribution in [2.75, 3.05) is 40.4 Å². The predicted molar refractivity (Wildman–Crippen MR) is 72.3 cm³/mol. The first-order valence-electron chi connectivity index (χ1n) is 6.51. The van der Waals surface area contributed by atoms with Gasteiger partial charge in [-0.25, -0.2) is 0 Å². The Bertz CT molecular complexity index is 382. The summed E-state index contributed by atoms with van der Waals surface area (Å²) < 4.78 is 11.1. The molecule has 1 aromatic carbocycles. The van der Waals surface area contributed by atoms with Crippen LogP contribution in [0.2, 0.25) is 0 Å². The molecule has 0 aliphatic carbocycles. The van der Waals surface area contributed by atoms with Crippen LogP contribution in [0.3, 0.4) is 0 Å². The zero-order valence-electron chi connectivity index (χ0n) is 11.2. The highest BCUT2D eigenvalue weighted by atomic mass is 16.6. The van der Waals surface area contributed by atoms with Crippen molar-refractivity contribution in [2.24, 2.45) is 0 Å². The summed E-state index contributed by atoms with van der Waals surface area (Å²) >= 11 is 0. The van der Waals surface area contributed by atoms with Crippen LogP contribution < -0.4 is 14.8 Å². The molecule has 0 saturated carbocycles. The molecule has 4 heteroatoms. The maximum atomic E-state index is 5.59. The summed E-state index contributed by atoms with van der Waals surface area (Å²) in [5.41, 5.74) is 1.27. The standard InChI is InChI=1S/C14H22N2O2/c1-15-6-3-7-16(2)11-12-4-5-13-14(10-12)18-9-8-17-13/h4-5,10,15H,3,6-9,11H2,1-2H3. The lowest BCUT2D eigenvalue weighted by atomic mass is 10.2. The van der Waals surface area contributed by atoms with Crippen LogP contribution in [0.5, 0.6) is 11.5 Å². The van der Waals surface area contributed by atoms with E-state index in [0.29, 0.717) is 13.2 Å². The maximum Gasteiger partial charge on any atom is 0.161 e. The Kier molecular flexibility index (Phi) is 4.84. The summed E-state index contributed by atoms with van der Waals surface area (Å²) in [5.74, 6) is 1.74. The van der Waals surface area contributed by atoms with Crippen molar-refractivity contribution in [3.05, 3.63) is 23.8 Å². The van der Waals surface area contributed by atoms with Crippen molar-refractivity contribution in [3.8, 4) is 11.5 Å². The van der Waals surface area contributed by atoms with Gasteiger partial charge in [-0.15, -0.1) is 0 Å². The largest absolute Gasteiger partial charge is 0.486 e. The maximum absolute atomic E-state index is 5.59. The summed E-state index contributed by atoms with van der Waals surface area (Å²) in [7, 11) is 4.13. The van der Waals surface area contributed by atoms with E-state index in [4.69, 9.17) is 9.47 Å². The molecular weight excluding hydrogens is 228 g/mol. The van der Waals surface area contributed by atoms with E-state index < -0.39 is 0 Å². The lowest BCUT2D eigenvalue weighted by Gasteiger charge is -2.21. The number of hydrogen-bond donors (Lipinski definition) is 1. The van der Waals surface area contributed by atoms with Crippen LogP contribution in [0, 0.1) is 0 Å². The molecule has 1 aliphatic heterocycles. The van der Waals surface area contributed by atoms with Gasteiger partial charge < -0.3 is 19.7 Å². The topological polar surface area (TPSA) is 33.7 Å². The molecule has 0 spiro atoms. The van der Waals surface area contributed by atoms with Gasteiger partial charge in [-0.2, -0.15) is 0 Å². The molecule has 1 aromatic rings. The van der Waals surface area contributed by atoms with E-state index in [2.05, 4.69) is 29.4 Å². The minimum absolute atomic E-state index is 0.647. The smallest absolute Gasteiger partial charge is 0.161 e. The highest BCUT2D eigenvalue weighted by molar-refractivity contribution is 5.43.